The number of carbonyl (C=O) groups is 1. The minimum absolute atomic E-state index is 0.311. The lowest BCUT2D eigenvalue weighted by molar-refractivity contribution is 0.0526. The summed E-state index contributed by atoms with van der Waals surface area (Å²) in [5, 5.41) is 7.14. The van der Waals surface area contributed by atoms with Crippen molar-refractivity contribution in [2.75, 3.05) is 43.2 Å². The largest absolute Gasteiger partial charge is 0.444 e. The molecular weight excluding hydrogens is 422 g/mol. The summed E-state index contributed by atoms with van der Waals surface area (Å²) in [6.45, 7) is 12.3. The average molecular weight is 460 g/mol. The van der Waals surface area contributed by atoms with Gasteiger partial charge in [0.1, 0.15) is 5.60 Å². The summed E-state index contributed by atoms with van der Waals surface area (Å²) in [6.07, 6.45) is 8.66. The van der Waals surface area contributed by atoms with Crippen LogP contribution in [0.25, 0.3) is 0 Å². The monoisotopic (exact) mass is 459 g/mol. The highest BCUT2D eigenvalue weighted by Gasteiger charge is 2.16. The minimum Gasteiger partial charge on any atom is -0.444 e. The molecule has 182 valence electrons. The Balaban J connectivity index is 2.80. The van der Waals surface area contributed by atoms with Crippen molar-refractivity contribution < 1.29 is 9.53 Å². The SMILES string of the molecule is C=C/C(=C\N(C)CCCNC(=O)OC(C)(C)C)N(N)c1nc(N/C(C=NC)=C/C)ncc1N. The van der Waals surface area contributed by atoms with Gasteiger partial charge in [0.15, 0.2) is 5.82 Å². The fraction of sp³-hybridized carbons (Fsp3) is 0.455. The lowest BCUT2D eigenvalue weighted by atomic mass is 10.2. The number of nitrogen functional groups attached to an aromatic ring is 1. The quantitative estimate of drug-likeness (QED) is 0.129. The number of amides is 1. The number of allylic oxidation sites excluding steroid dienone is 3. The fourth-order valence-electron chi connectivity index (χ4n) is 2.54. The standard InChI is InChI=1S/C22H37N9O2/c1-8-16(13-25-6)28-20-27-14-18(23)19(29-20)31(24)17(9-2)15-30(7)12-10-11-26-21(32)33-22(3,4)5/h8-9,13-15H,2,10-12,23-24H2,1,3-7H3,(H,26,32)(H,27,28,29)/b16-8+,17-15+,25-13?. The Morgan fingerprint density at radius 2 is 2.09 bits per heavy atom. The zero-order chi connectivity index (χ0) is 25.0. The Kier molecular flexibility index (Phi) is 10.9. The van der Waals surface area contributed by atoms with E-state index in [1.165, 1.54) is 11.2 Å². The highest BCUT2D eigenvalue weighted by Crippen LogP contribution is 2.22. The first-order valence-corrected chi connectivity index (χ1v) is 10.5. The highest BCUT2D eigenvalue weighted by molar-refractivity contribution is 5.82. The number of aliphatic imine (C=N–C) groups is 1. The van der Waals surface area contributed by atoms with Crippen LogP contribution < -0.4 is 27.2 Å². The molecule has 1 aromatic heterocycles. The van der Waals surface area contributed by atoms with Crippen LogP contribution in [-0.2, 0) is 4.74 Å². The van der Waals surface area contributed by atoms with Gasteiger partial charge in [0, 0.05) is 39.6 Å². The van der Waals surface area contributed by atoms with Crippen LogP contribution in [0.5, 0.6) is 0 Å². The van der Waals surface area contributed by atoms with Crippen molar-refractivity contribution in [3.8, 4) is 0 Å². The Labute approximate surface area is 196 Å². The van der Waals surface area contributed by atoms with Crippen molar-refractivity contribution in [1.82, 2.24) is 20.2 Å². The smallest absolute Gasteiger partial charge is 0.407 e. The van der Waals surface area contributed by atoms with Crippen LogP contribution in [0.3, 0.4) is 0 Å². The zero-order valence-electron chi connectivity index (χ0n) is 20.4. The van der Waals surface area contributed by atoms with Gasteiger partial charge in [0.2, 0.25) is 5.95 Å². The molecule has 0 aliphatic rings. The van der Waals surface area contributed by atoms with Crippen molar-refractivity contribution in [1.29, 1.82) is 0 Å². The minimum atomic E-state index is -0.525. The Bertz CT molecular complexity index is 888. The van der Waals surface area contributed by atoms with Crippen LogP contribution >= 0.6 is 0 Å². The molecule has 0 fully saturated rings. The van der Waals surface area contributed by atoms with Gasteiger partial charge in [-0.25, -0.2) is 15.6 Å². The number of hydrogen-bond acceptors (Lipinski definition) is 10. The molecule has 6 N–H and O–H groups in total. The van der Waals surface area contributed by atoms with E-state index in [0.717, 1.165) is 5.70 Å². The van der Waals surface area contributed by atoms with Gasteiger partial charge in [-0.1, -0.05) is 12.7 Å². The molecule has 1 heterocycles. The summed E-state index contributed by atoms with van der Waals surface area (Å²) in [4.78, 5) is 26.2. The summed E-state index contributed by atoms with van der Waals surface area (Å²) in [5.41, 5.74) is 7.16. The maximum atomic E-state index is 11.7. The summed E-state index contributed by atoms with van der Waals surface area (Å²) < 4.78 is 5.22. The van der Waals surface area contributed by atoms with Crippen molar-refractivity contribution in [2.45, 2.75) is 39.7 Å². The molecule has 0 aromatic carbocycles. The molecule has 0 atom stereocenters. The number of anilines is 3. The Morgan fingerprint density at radius 3 is 2.67 bits per heavy atom. The summed E-state index contributed by atoms with van der Waals surface area (Å²) in [7, 11) is 3.57. The van der Waals surface area contributed by atoms with E-state index in [2.05, 4.69) is 32.2 Å². The summed E-state index contributed by atoms with van der Waals surface area (Å²) in [6, 6.07) is 0. The van der Waals surface area contributed by atoms with Crippen molar-refractivity contribution in [3.63, 3.8) is 0 Å². The maximum Gasteiger partial charge on any atom is 0.407 e. The summed E-state index contributed by atoms with van der Waals surface area (Å²) >= 11 is 0. The predicted octanol–water partition coefficient (Wildman–Crippen LogP) is 2.63. The third kappa shape index (κ3) is 10.0. The van der Waals surface area contributed by atoms with Gasteiger partial charge in [-0.3, -0.25) is 10.0 Å². The van der Waals surface area contributed by atoms with Gasteiger partial charge in [-0.05, 0) is 40.2 Å². The first kappa shape index (κ1) is 27.4. The van der Waals surface area contributed by atoms with E-state index in [1.54, 1.807) is 19.3 Å². The number of hydrogen-bond donors (Lipinski definition) is 4. The number of carbonyl (C=O) groups excluding carboxylic acids is 1. The second-order valence-corrected chi connectivity index (χ2v) is 8.12. The van der Waals surface area contributed by atoms with E-state index in [9.17, 15) is 4.79 Å². The first-order valence-electron chi connectivity index (χ1n) is 10.5. The number of nitrogens with two attached hydrogens (primary N) is 2. The van der Waals surface area contributed by atoms with Gasteiger partial charge >= 0.3 is 6.09 Å². The highest BCUT2D eigenvalue weighted by atomic mass is 16.6. The van der Waals surface area contributed by atoms with Crippen LogP contribution in [0.1, 0.15) is 34.1 Å². The predicted molar refractivity (Wildman–Crippen MR) is 135 cm³/mol. The molecule has 0 aliphatic carbocycles. The zero-order valence-corrected chi connectivity index (χ0v) is 20.4. The molecule has 11 heteroatoms. The molecule has 1 amide bonds. The molecule has 0 radical (unpaired) electrons. The molecule has 0 saturated heterocycles. The van der Waals surface area contributed by atoms with E-state index in [0.29, 0.717) is 42.7 Å². The van der Waals surface area contributed by atoms with E-state index < -0.39 is 11.7 Å². The van der Waals surface area contributed by atoms with Crippen LogP contribution in [0.15, 0.2) is 47.5 Å². The molecule has 11 nitrogen and oxygen atoms in total. The van der Waals surface area contributed by atoms with E-state index in [4.69, 9.17) is 16.3 Å². The first-order chi connectivity index (χ1) is 15.5. The van der Waals surface area contributed by atoms with Gasteiger partial charge in [-0.2, -0.15) is 4.98 Å². The normalized spacial score (nSPS) is 12.5. The number of alkyl carbamates (subject to hydrolysis) is 1. The molecular formula is C22H37N9O2. The summed E-state index contributed by atoms with van der Waals surface area (Å²) in [5.74, 6) is 6.95. The van der Waals surface area contributed by atoms with Gasteiger partial charge in [0.25, 0.3) is 0 Å². The van der Waals surface area contributed by atoms with Gasteiger partial charge in [0.05, 0.1) is 23.3 Å². The fourth-order valence-corrected chi connectivity index (χ4v) is 2.54. The molecule has 33 heavy (non-hydrogen) atoms. The molecule has 0 unspecified atom stereocenters. The van der Waals surface area contributed by atoms with Crippen LogP contribution in [0, 0.1) is 0 Å². The van der Waals surface area contributed by atoms with Gasteiger partial charge < -0.3 is 26.0 Å². The third-order valence-electron chi connectivity index (χ3n) is 4.06. The number of hydrazine groups is 1. The number of ether oxygens (including phenoxy) is 1. The molecule has 1 aromatic rings. The molecule has 0 bridgehead atoms. The van der Waals surface area contributed by atoms with Crippen molar-refractivity contribution in [3.05, 3.63) is 42.5 Å². The average Bonchev–Trinajstić information content (AvgIpc) is 2.74. The number of nitrogens with one attached hydrogen (secondary N) is 2. The number of rotatable bonds is 11. The van der Waals surface area contributed by atoms with E-state index in [-0.39, 0.29) is 0 Å². The second-order valence-electron chi connectivity index (χ2n) is 8.12. The Hall–Kier alpha value is -3.60. The lowest BCUT2D eigenvalue weighted by Gasteiger charge is -2.23. The third-order valence-corrected chi connectivity index (χ3v) is 4.06. The maximum absolute atomic E-state index is 11.7. The molecule has 0 spiro atoms. The van der Waals surface area contributed by atoms with Crippen LogP contribution in [-0.4, -0.2) is 60.0 Å². The Morgan fingerprint density at radius 1 is 1.39 bits per heavy atom. The van der Waals surface area contributed by atoms with Crippen LogP contribution in [0.4, 0.5) is 22.2 Å². The molecule has 0 aliphatic heterocycles. The van der Waals surface area contributed by atoms with Crippen LogP contribution in [0.2, 0.25) is 0 Å². The van der Waals surface area contributed by atoms with E-state index >= 15 is 0 Å². The molecule has 1 rings (SSSR count). The number of aromatic nitrogens is 2. The van der Waals surface area contributed by atoms with Gasteiger partial charge in [-0.15, -0.1) is 0 Å². The van der Waals surface area contributed by atoms with E-state index in [1.807, 2.05) is 51.9 Å². The molecule has 0 saturated carbocycles. The van der Waals surface area contributed by atoms with Crippen molar-refractivity contribution in [2.24, 2.45) is 10.8 Å². The number of nitrogens with zero attached hydrogens (tertiary/aromatic N) is 5. The second kappa shape index (κ2) is 13.1. The van der Waals surface area contributed by atoms with Crippen molar-refractivity contribution >= 4 is 29.8 Å². The lowest BCUT2D eigenvalue weighted by Crippen LogP contribution is -2.34. The topological polar surface area (TPSA) is 147 Å².